The van der Waals surface area contributed by atoms with Crippen LogP contribution in [0.1, 0.15) is 24.8 Å². The van der Waals surface area contributed by atoms with E-state index in [-0.39, 0.29) is 30.4 Å². The fraction of sp³-hybridized carbons (Fsp3) is 0.526. The molecule has 3 aliphatic rings. The first-order valence-electron chi connectivity index (χ1n) is 9.59. The van der Waals surface area contributed by atoms with Crippen LogP contribution in [0.4, 0.5) is 5.69 Å². The molecule has 3 saturated heterocycles. The molecule has 3 amide bonds. The number of carbonyl (C=O) groups excluding carboxylic acids is 3. The van der Waals surface area contributed by atoms with Gasteiger partial charge in [0.1, 0.15) is 6.29 Å². The number of anilines is 1. The maximum atomic E-state index is 13.0. The SMILES string of the molecule is Cc1ccc(Cl)cc1NC(=O)C1CC(=O)NC2NC(N3CCCC3)NC(=O)C21. The number of fused-ring (bicyclic) bond motifs is 1. The normalized spacial score (nSPS) is 30.4. The zero-order valence-electron chi connectivity index (χ0n) is 15.6. The highest BCUT2D eigenvalue weighted by Crippen LogP contribution is 2.29. The van der Waals surface area contributed by atoms with E-state index in [1.54, 1.807) is 12.1 Å². The first kappa shape index (κ1) is 19.2. The molecule has 0 aromatic heterocycles. The Hall–Kier alpha value is -2.16. The first-order chi connectivity index (χ1) is 13.4. The lowest BCUT2D eigenvalue weighted by molar-refractivity contribution is -0.147. The molecule has 0 aliphatic carbocycles. The predicted octanol–water partition coefficient (Wildman–Crippen LogP) is 0.764. The molecule has 9 heteroatoms. The summed E-state index contributed by atoms with van der Waals surface area (Å²) in [6.45, 7) is 3.64. The lowest BCUT2D eigenvalue weighted by atomic mass is 9.81. The van der Waals surface area contributed by atoms with Crippen LogP contribution in [0, 0.1) is 18.8 Å². The van der Waals surface area contributed by atoms with Gasteiger partial charge >= 0.3 is 0 Å². The molecule has 8 nitrogen and oxygen atoms in total. The fourth-order valence-electron chi connectivity index (χ4n) is 4.21. The summed E-state index contributed by atoms with van der Waals surface area (Å²) < 4.78 is 0. The van der Waals surface area contributed by atoms with E-state index in [1.165, 1.54) is 0 Å². The van der Waals surface area contributed by atoms with Crippen LogP contribution in [0.5, 0.6) is 0 Å². The Kier molecular flexibility index (Phi) is 5.27. The zero-order valence-corrected chi connectivity index (χ0v) is 16.4. The quantitative estimate of drug-likeness (QED) is 0.594. The molecular formula is C19H24ClN5O3. The molecule has 28 heavy (non-hydrogen) atoms. The number of carbonyl (C=O) groups is 3. The largest absolute Gasteiger partial charge is 0.340 e. The third-order valence-electron chi connectivity index (χ3n) is 5.73. The van der Waals surface area contributed by atoms with Gasteiger partial charge in [-0.25, -0.2) is 0 Å². The van der Waals surface area contributed by atoms with Crippen molar-refractivity contribution in [3.8, 4) is 0 Å². The Morgan fingerprint density at radius 2 is 1.96 bits per heavy atom. The van der Waals surface area contributed by atoms with Gasteiger partial charge in [-0.1, -0.05) is 17.7 Å². The van der Waals surface area contributed by atoms with Crippen LogP contribution in [0.15, 0.2) is 18.2 Å². The monoisotopic (exact) mass is 405 g/mol. The fourth-order valence-corrected chi connectivity index (χ4v) is 4.38. The summed E-state index contributed by atoms with van der Waals surface area (Å²) in [5.41, 5.74) is 1.44. The van der Waals surface area contributed by atoms with Crippen molar-refractivity contribution in [2.45, 2.75) is 38.6 Å². The molecule has 3 heterocycles. The summed E-state index contributed by atoms with van der Waals surface area (Å²) in [5, 5.41) is 12.4. The lowest BCUT2D eigenvalue weighted by Gasteiger charge is -2.45. The summed E-state index contributed by atoms with van der Waals surface area (Å²) in [5.74, 6) is -2.25. The molecule has 150 valence electrons. The van der Waals surface area contributed by atoms with Gasteiger partial charge in [0.15, 0.2) is 0 Å². The summed E-state index contributed by atoms with van der Waals surface area (Å²) in [4.78, 5) is 40.2. The van der Waals surface area contributed by atoms with Crippen LogP contribution in [-0.4, -0.2) is 48.2 Å². The topological polar surface area (TPSA) is 103 Å². The second-order valence-electron chi connectivity index (χ2n) is 7.65. The van der Waals surface area contributed by atoms with Gasteiger partial charge in [-0.2, -0.15) is 0 Å². The van der Waals surface area contributed by atoms with Crippen molar-refractivity contribution < 1.29 is 14.4 Å². The van der Waals surface area contributed by atoms with Crippen LogP contribution in [0.25, 0.3) is 0 Å². The van der Waals surface area contributed by atoms with Crippen molar-refractivity contribution in [1.82, 2.24) is 20.9 Å². The van der Waals surface area contributed by atoms with E-state index in [2.05, 4.69) is 26.2 Å². The van der Waals surface area contributed by atoms with Crippen molar-refractivity contribution in [2.75, 3.05) is 18.4 Å². The molecule has 4 N–H and O–H groups in total. The van der Waals surface area contributed by atoms with E-state index < -0.39 is 18.0 Å². The van der Waals surface area contributed by atoms with Crippen LogP contribution >= 0.6 is 11.6 Å². The van der Waals surface area contributed by atoms with E-state index in [4.69, 9.17) is 11.6 Å². The molecule has 4 atom stereocenters. The number of benzene rings is 1. The number of nitrogens with one attached hydrogen (secondary N) is 4. The summed E-state index contributed by atoms with van der Waals surface area (Å²) in [7, 11) is 0. The minimum absolute atomic E-state index is 0.0317. The minimum Gasteiger partial charge on any atom is -0.340 e. The standard InChI is InChI=1S/C19H24ClN5O3/c1-10-4-5-11(20)8-13(10)21-17(27)12-9-14(26)22-16-15(12)18(28)24-19(23-16)25-6-2-3-7-25/h4-5,8,12,15-16,19,23H,2-3,6-7,9H2,1H3,(H,21,27)(H,22,26)(H,24,28). The molecule has 4 rings (SSSR count). The molecule has 0 radical (unpaired) electrons. The highest BCUT2D eigenvalue weighted by atomic mass is 35.5. The molecule has 3 fully saturated rings. The van der Waals surface area contributed by atoms with Gasteiger partial charge < -0.3 is 16.0 Å². The van der Waals surface area contributed by atoms with Crippen LogP contribution in [0.3, 0.4) is 0 Å². The molecule has 0 bridgehead atoms. The average Bonchev–Trinajstić information content (AvgIpc) is 3.18. The zero-order chi connectivity index (χ0) is 19.8. The second kappa shape index (κ2) is 7.69. The molecule has 1 aromatic rings. The summed E-state index contributed by atoms with van der Waals surface area (Å²) in [6, 6.07) is 5.22. The molecule has 3 aliphatic heterocycles. The second-order valence-corrected chi connectivity index (χ2v) is 8.09. The molecule has 1 aromatic carbocycles. The number of aryl methyl sites for hydroxylation is 1. The summed E-state index contributed by atoms with van der Waals surface area (Å²) >= 11 is 6.03. The van der Waals surface area contributed by atoms with Crippen molar-refractivity contribution >= 4 is 35.0 Å². The van der Waals surface area contributed by atoms with Crippen LogP contribution < -0.4 is 21.3 Å². The van der Waals surface area contributed by atoms with E-state index in [0.29, 0.717) is 10.7 Å². The molecular weight excluding hydrogens is 382 g/mol. The van der Waals surface area contributed by atoms with E-state index in [0.717, 1.165) is 31.5 Å². The maximum Gasteiger partial charge on any atom is 0.229 e. The molecule has 4 unspecified atom stereocenters. The van der Waals surface area contributed by atoms with Gasteiger partial charge in [0.25, 0.3) is 0 Å². The molecule has 0 spiro atoms. The van der Waals surface area contributed by atoms with Gasteiger partial charge in [-0.05, 0) is 37.5 Å². The predicted molar refractivity (Wildman–Crippen MR) is 104 cm³/mol. The Morgan fingerprint density at radius 1 is 1.21 bits per heavy atom. The van der Waals surface area contributed by atoms with E-state index in [9.17, 15) is 14.4 Å². The van der Waals surface area contributed by atoms with Gasteiger partial charge in [0.2, 0.25) is 17.7 Å². The number of rotatable bonds is 3. The number of likely N-dealkylation sites (tertiary alicyclic amines) is 1. The van der Waals surface area contributed by atoms with Crippen LogP contribution in [0.2, 0.25) is 5.02 Å². The van der Waals surface area contributed by atoms with Crippen molar-refractivity contribution in [3.63, 3.8) is 0 Å². The van der Waals surface area contributed by atoms with Gasteiger partial charge in [0.05, 0.1) is 18.0 Å². The van der Waals surface area contributed by atoms with Crippen molar-refractivity contribution in [3.05, 3.63) is 28.8 Å². The number of piperidine rings is 1. The van der Waals surface area contributed by atoms with Crippen LogP contribution in [-0.2, 0) is 14.4 Å². The number of hydrogen-bond donors (Lipinski definition) is 4. The van der Waals surface area contributed by atoms with Crippen molar-refractivity contribution in [1.29, 1.82) is 0 Å². The molecule has 0 saturated carbocycles. The highest BCUT2D eigenvalue weighted by Gasteiger charge is 2.49. The number of nitrogens with zero attached hydrogens (tertiary/aromatic N) is 1. The van der Waals surface area contributed by atoms with E-state index in [1.807, 2.05) is 13.0 Å². The van der Waals surface area contributed by atoms with E-state index >= 15 is 0 Å². The third kappa shape index (κ3) is 3.72. The Labute approximate surface area is 168 Å². The third-order valence-corrected chi connectivity index (χ3v) is 5.97. The first-order valence-corrected chi connectivity index (χ1v) is 9.97. The minimum atomic E-state index is -0.760. The Balaban J connectivity index is 1.52. The van der Waals surface area contributed by atoms with Gasteiger partial charge in [0, 0.05) is 30.2 Å². The summed E-state index contributed by atoms with van der Waals surface area (Å²) in [6.07, 6.45) is 1.23. The Bertz CT molecular complexity index is 811. The number of halogens is 1. The highest BCUT2D eigenvalue weighted by molar-refractivity contribution is 6.31. The van der Waals surface area contributed by atoms with Gasteiger partial charge in [-0.3, -0.25) is 24.6 Å². The lowest BCUT2D eigenvalue weighted by Crippen LogP contribution is -2.74. The number of hydrogen-bond acceptors (Lipinski definition) is 5. The van der Waals surface area contributed by atoms with Crippen molar-refractivity contribution in [2.24, 2.45) is 11.8 Å². The number of amides is 3. The average molecular weight is 406 g/mol. The smallest absolute Gasteiger partial charge is 0.229 e. The maximum absolute atomic E-state index is 13.0. The Morgan fingerprint density at radius 3 is 2.71 bits per heavy atom. The van der Waals surface area contributed by atoms with Gasteiger partial charge in [-0.15, -0.1) is 0 Å².